The molecule has 0 fully saturated rings. The molecule has 0 aliphatic carbocycles. The van der Waals surface area contributed by atoms with E-state index in [0.29, 0.717) is 18.2 Å². The van der Waals surface area contributed by atoms with Crippen molar-refractivity contribution in [2.75, 3.05) is 13.2 Å². The first-order chi connectivity index (χ1) is 9.34. The van der Waals surface area contributed by atoms with Crippen LogP contribution in [-0.4, -0.2) is 40.8 Å². The van der Waals surface area contributed by atoms with Gasteiger partial charge in [0.05, 0.1) is 12.1 Å². The van der Waals surface area contributed by atoms with Crippen molar-refractivity contribution in [2.24, 2.45) is 0 Å². The number of carbonyl (C=O) groups is 2. The van der Waals surface area contributed by atoms with Gasteiger partial charge in [-0.15, -0.1) is 11.3 Å². The summed E-state index contributed by atoms with van der Waals surface area (Å²) in [6, 6.07) is -0.343. The number of rotatable bonds is 7. The van der Waals surface area contributed by atoms with Gasteiger partial charge in [0, 0.05) is 18.5 Å². The fraction of sp³-hybridized carbons (Fsp3) is 0.583. The first-order valence-corrected chi connectivity index (χ1v) is 7.05. The Balaban J connectivity index is 2.34. The number of nitrogens with one attached hydrogen (secondary N) is 2. The van der Waals surface area contributed by atoms with Gasteiger partial charge < -0.3 is 20.5 Å². The monoisotopic (exact) mass is 301 g/mol. The zero-order valence-corrected chi connectivity index (χ0v) is 12.5. The van der Waals surface area contributed by atoms with Crippen LogP contribution in [0.25, 0.3) is 0 Å². The molecule has 0 aliphatic rings. The van der Waals surface area contributed by atoms with E-state index in [1.165, 1.54) is 16.7 Å². The molecule has 0 atom stereocenters. The van der Waals surface area contributed by atoms with E-state index in [2.05, 4.69) is 15.6 Å². The lowest BCUT2D eigenvalue weighted by molar-refractivity contribution is -0.00690. The third-order valence-electron chi connectivity index (χ3n) is 2.38. The molecule has 3 N–H and O–H groups in total. The van der Waals surface area contributed by atoms with E-state index in [9.17, 15) is 9.59 Å². The van der Waals surface area contributed by atoms with Gasteiger partial charge in [-0.2, -0.15) is 0 Å². The number of carboxylic acids is 1. The van der Waals surface area contributed by atoms with Gasteiger partial charge in [0.25, 0.3) is 0 Å². The van der Waals surface area contributed by atoms with Crippen molar-refractivity contribution in [1.29, 1.82) is 0 Å². The van der Waals surface area contributed by atoms with Crippen molar-refractivity contribution >= 4 is 23.3 Å². The third-order valence-corrected chi connectivity index (χ3v) is 3.23. The highest BCUT2D eigenvalue weighted by Gasteiger charge is 2.18. The quantitative estimate of drug-likeness (QED) is 0.708. The molecule has 1 rings (SSSR count). The van der Waals surface area contributed by atoms with E-state index in [-0.39, 0.29) is 18.3 Å². The van der Waals surface area contributed by atoms with Crippen molar-refractivity contribution in [1.82, 2.24) is 15.6 Å². The van der Waals surface area contributed by atoms with E-state index < -0.39 is 11.6 Å². The predicted molar refractivity (Wildman–Crippen MR) is 75.0 cm³/mol. The van der Waals surface area contributed by atoms with Gasteiger partial charge >= 0.3 is 12.0 Å². The molecule has 1 aromatic rings. The molecule has 0 unspecified atom stereocenters. The van der Waals surface area contributed by atoms with Crippen LogP contribution in [0.3, 0.4) is 0 Å². The number of amides is 2. The summed E-state index contributed by atoms with van der Waals surface area (Å²) in [6.07, 6.45) is 0. The van der Waals surface area contributed by atoms with Crippen LogP contribution in [0.5, 0.6) is 0 Å². The lowest BCUT2D eigenvalue weighted by Gasteiger charge is -2.24. The Morgan fingerprint density at radius 2 is 2.15 bits per heavy atom. The minimum atomic E-state index is -1.07. The number of hydrogen-bond donors (Lipinski definition) is 3. The lowest BCUT2D eigenvalue weighted by atomic mass is 10.1. The molecule has 1 heterocycles. The maximum Gasteiger partial charge on any atom is 0.355 e. The van der Waals surface area contributed by atoms with Gasteiger partial charge in [-0.3, -0.25) is 0 Å². The Morgan fingerprint density at radius 3 is 2.70 bits per heavy atom. The van der Waals surface area contributed by atoms with E-state index in [0.717, 1.165) is 0 Å². The fourth-order valence-corrected chi connectivity index (χ4v) is 2.15. The lowest BCUT2D eigenvalue weighted by Crippen LogP contribution is -2.44. The van der Waals surface area contributed by atoms with Crippen LogP contribution in [0.2, 0.25) is 0 Å². The van der Waals surface area contributed by atoms with Gasteiger partial charge in [0.2, 0.25) is 0 Å². The minimum absolute atomic E-state index is 0.00955. The first kappa shape index (κ1) is 16.4. The van der Waals surface area contributed by atoms with Gasteiger partial charge in [0.1, 0.15) is 5.01 Å². The molecule has 0 saturated carbocycles. The average molecular weight is 301 g/mol. The summed E-state index contributed by atoms with van der Waals surface area (Å²) in [6.45, 7) is 6.81. The highest BCUT2D eigenvalue weighted by atomic mass is 32.1. The van der Waals surface area contributed by atoms with Crippen molar-refractivity contribution in [3.63, 3.8) is 0 Å². The molecule has 1 aromatic heterocycles. The molecule has 0 aromatic carbocycles. The second-order valence-corrected chi connectivity index (χ2v) is 5.60. The summed E-state index contributed by atoms with van der Waals surface area (Å²) >= 11 is 1.19. The summed E-state index contributed by atoms with van der Waals surface area (Å²) in [7, 11) is 0. The maximum absolute atomic E-state index is 11.6. The Labute approximate surface area is 121 Å². The molecule has 0 radical (unpaired) electrons. The Bertz CT molecular complexity index is 473. The third kappa shape index (κ3) is 5.54. The van der Waals surface area contributed by atoms with E-state index in [4.69, 9.17) is 9.84 Å². The van der Waals surface area contributed by atoms with Crippen LogP contribution in [-0.2, 0) is 11.3 Å². The Morgan fingerprint density at radius 1 is 1.45 bits per heavy atom. The van der Waals surface area contributed by atoms with Crippen LogP contribution in [0.1, 0.15) is 36.3 Å². The second kappa shape index (κ2) is 7.20. The molecule has 20 heavy (non-hydrogen) atoms. The molecule has 112 valence electrons. The zero-order chi connectivity index (χ0) is 15.2. The Hall–Kier alpha value is -1.67. The number of hydrogen-bond acceptors (Lipinski definition) is 5. The van der Waals surface area contributed by atoms with Crippen LogP contribution in [0, 0.1) is 0 Å². The molecule has 7 nitrogen and oxygen atoms in total. The van der Waals surface area contributed by atoms with Gasteiger partial charge in [-0.1, -0.05) is 0 Å². The molecule has 0 saturated heterocycles. The largest absolute Gasteiger partial charge is 0.476 e. The molecule has 0 spiro atoms. The van der Waals surface area contributed by atoms with Crippen LogP contribution in [0.4, 0.5) is 4.79 Å². The van der Waals surface area contributed by atoms with E-state index in [1.54, 1.807) is 0 Å². The normalized spacial score (nSPS) is 11.2. The van der Waals surface area contributed by atoms with Crippen LogP contribution < -0.4 is 10.6 Å². The number of aromatic nitrogens is 1. The topological polar surface area (TPSA) is 101 Å². The second-order valence-electron chi connectivity index (χ2n) is 4.66. The van der Waals surface area contributed by atoms with Crippen molar-refractivity contribution in [3.05, 3.63) is 16.1 Å². The van der Waals surface area contributed by atoms with E-state index >= 15 is 0 Å². The minimum Gasteiger partial charge on any atom is -0.476 e. The number of carboxylic acid groups (broad SMARTS) is 1. The highest BCUT2D eigenvalue weighted by Crippen LogP contribution is 2.09. The first-order valence-electron chi connectivity index (χ1n) is 6.17. The SMILES string of the molecule is CCOC(C)(C)CNC(=O)NCc1nc(C(=O)O)cs1. The standard InChI is InChI=1S/C12H19N3O4S/c1-4-19-12(2,3)7-14-11(18)13-5-9-15-8(6-20-9)10(16)17/h6H,4-5,7H2,1-3H3,(H,16,17)(H2,13,14,18). The summed E-state index contributed by atoms with van der Waals surface area (Å²) < 4.78 is 5.45. The van der Waals surface area contributed by atoms with Gasteiger partial charge in [0.15, 0.2) is 5.69 Å². The summed E-state index contributed by atoms with van der Waals surface area (Å²) in [5.74, 6) is -1.07. The number of ether oxygens (including phenoxy) is 1. The molecule has 2 amide bonds. The van der Waals surface area contributed by atoms with Gasteiger partial charge in [-0.05, 0) is 20.8 Å². The number of thiazole rings is 1. The summed E-state index contributed by atoms with van der Waals surface area (Å²) in [5.41, 5.74) is -0.436. The zero-order valence-electron chi connectivity index (χ0n) is 11.7. The van der Waals surface area contributed by atoms with Crippen molar-refractivity contribution in [2.45, 2.75) is 32.9 Å². The Kier molecular flexibility index (Phi) is 5.90. The maximum atomic E-state index is 11.6. The average Bonchev–Trinajstić information content (AvgIpc) is 2.83. The van der Waals surface area contributed by atoms with Crippen LogP contribution >= 0.6 is 11.3 Å². The fourth-order valence-electron chi connectivity index (χ4n) is 1.44. The predicted octanol–water partition coefficient (Wildman–Crippen LogP) is 1.46. The summed E-state index contributed by atoms with van der Waals surface area (Å²) in [4.78, 5) is 26.1. The number of carbonyl (C=O) groups excluding carboxylic acids is 1. The van der Waals surface area contributed by atoms with Crippen LogP contribution in [0.15, 0.2) is 5.38 Å². The van der Waals surface area contributed by atoms with E-state index in [1.807, 2.05) is 20.8 Å². The molecular weight excluding hydrogens is 282 g/mol. The molecular formula is C12H19N3O4S. The van der Waals surface area contributed by atoms with Crippen molar-refractivity contribution in [3.8, 4) is 0 Å². The highest BCUT2D eigenvalue weighted by molar-refractivity contribution is 7.09. The number of nitrogens with zero attached hydrogens (tertiary/aromatic N) is 1. The van der Waals surface area contributed by atoms with Crippen molar-refractivity contribution < 1.29 is 19.4 Å². The number of aromatic carboxylic acids is 1. The summed E-state index contributed by atoms with van der Waals surface area (Å²) in [5, 5.41) is 16.0. The van der Waals surface area contributed by atoms with Gasteiger partial charge in [-0.25, -0.2) is 14.6 Å². The molecule has 0 aliphatic heterocycles. The molecule has 0 bridgehead atoms. The number of urea groups is 1. The molecule has 8 heteroatoms. The smallest absolute Gasteiger partial charge is 0.355 e.